The monoisotopic (exact) mass is 327 g/mol. The van der Waals surface area contributed by atoms with Crippen molar-refractivity contribution in [3.05, 3.63) is 54.7 Å². The van der Waals surface area contributed by atoms with Gasteiger partial charge in [-0.25, -0.2) is 4.98 Å². The highest BCUT2D eigenvalue weighted by Crippen LogP contribution is 2.20. The molecule has 6 nitrogen and oxygen atoms in total. The number of para-hydroxylation sites is 2. The molecule has 0 saturated carbocycles. The Morgan fingerprint density at radius 3 is 2.83 bits per heavy atom. The number of hydrogen-bond acceptors (Lipinski definition) is 4. The summed E-state index contributed by atoms with van der Waals surface area (Å²) in [6.45, 7) is 3.70. The summed E-state index contributed by atoms with van der Waals surface area (Å²) in [7, 11) is 0. The lowest BCUT2D eigenvalue weighted by molar-refractivity contribution is -0.124. The summed E-state index contributed by atoms with van der Waals surface area (Å²) >= 11 is 0. The van der Waals surface area contributed by atoms with E-state index in [9.17, 15) is 9.90 Å². The number of imidazole rings is 1. The van der Waals surface area contributed by atoms with Crippen molar-refractivity contribution in [3.8, 4) is 0 Å². The lowest BCUT2D eigenvalue weighted by Gasteiger charge is -2.20. The molecular formula is C18H21N3O3. The van der Waals surface area contributed by atoms with Crippen LogP contribution in [0.15, 0.2) is 53.4 Å². The van der Waals surface area contributed by atoms with Crippen molar-refractivity contribution in [2.45, 2.75) is 38.5 Å². The largest absolute Gasteiger partial charge is 0.467 e. The number of nitrogens with one attached hydrogen (secondary N) is 1. The van der Waals surface area contributed by atoms with Gasteiger partial charge in [-0.3, -0.25) is 4.79 Å². The molecule has 0 aliphatic rings. The number of benzene rings is 1. The maximum absolute atomic E-state index is 12.5. The lowest BCUT2D eigenvalue weighted by Crippen LogP contribution is -2.38. The predicted molar refractivity (Wildman–Crippen MR) is 90.3 cm³/mol. The SMILES string of the molecule is C[C@H](C[C@@H](O)c1ccco1)NC(=O)[C@H](C)n1cnc2ccccc21. The standard InChI is InChI=1S/C18H21N3O3/c1-12(10-16(22)17-8-5-9-24-17)20-18(23)13(2)21-11-19-14-6-3-4-7-15(14)21/h3-9,11-13,16,22H,10H2,1-2H3,(H,20,23)/t12-,13+,16-/m1/s1. The molecule has 0 aliphatic carbocycles. The Morgan fingerprint density at radius 2 is 2.08 bits per heavy atom. The summed E-state index contributed by atoms with van der Waals surface area (Å²) in [6.07, 6.45) is 2.85. The number of nitrogens with zero attached hydrogens (tertiary/aromatic N) is 2. The highest BCUT2D eigenvalue weighted by atomic mass is 16.4. The van der Waals surface area contributed by atoms with Crippen molar-refractivity contribution < 1.29 is 14.3 Å². The molecule has 2 N–H and O–H groups in total. The molecule has 0 saturated heterocycles. The van der Waals surface area contributed by atoms with Gasteiger partial charge < -0.3 is 19.4 Å². The van der Waals surface area contributed by atoms with Crippen molar-refractivity contribution in [1.82, 2.24) is 14.9 Å². The van der Waals surface area contributed by atoms with Gasteiger partial charge in [-0.1, -0.05) is 12.1 Å². The first-order valence-electron chi connectivity index (χ1n) is 7.99. The second kappa shape index (κ2) is 6.88. The molecule has 3 rings (SSSR count). The minimum atomic E-state index is -0.736. The molecule has 0 aliphatic heterocycles. The summed E-state index contributed by atoms with van der Waals surface area (Å²) in [5, 5.41) is 13.0. The number of fused-ring (bicyclic) bond motifs is 1. The average molecular weight is 327 g/mol. The van der Waals surface area contributed by atoms with Crippen molar-refractivity contribution in [2.24, 2.45) is 0 Å². The smallest absolute Gasteiger partial charge is 0.243 e. The van der Waals surface area contributed by atoms with E-state index in [1.807, 2.05) is 42.7 Å². The third-order valence-electron chi connectivity index (χ3n) is 4.11. The first kappa shape index (κ1) is 16.3. The second-order valence-corrected chi connectivity index (χ2v) is 5.99. The summed E-state index contributed by atoms with van der Waals surface area (Å²) in [4.78, 5) is 16.8. The van der Waals surface area contributed by atoms with Crippen LogP contribution in [0.4, 0.5) is 0 Å². The minimum Gasteiger partial charge on any atom is -0.467 e. The second-order valence-electron chi connectivity index (χ2n) is 5.99. The summed E-state index contributed by atoms with van der Waals surface area (Å²) in [5.41, 5.74) is 1.78. The molecule has 6 heteroatoms. The Labute approximate surface area is 140 Å². The van der Waals surface area contributed by atoms with Gasteiger partial charge in [0.2, 0.25) is 5.91 Å². The molecule has 2 aromatic heterocycles. The maximum atomic E-state index is 12.5. The van der Waals surface area contributed by atoms with Crippen molar-refractivity contribution in [2.75, 3.05) is 0 Å². The van der Waals surface area contributed by atoms with Gasteiger partial charge in [0, 0.05) is 12.5 Å². The molecule has 0 spiro atoms. The number of amides is 1. The Kier molecular flexibility index (Phi) is 4.66. The average Bonchev–Trinajstić information content (AvgIpc) is 3.23. The molecule has 0 fully saturated rings. The van der Waals surface area contributed by atoms with Crippen LogP contribution in [0.25, 0.3) is 11.0 Å². The minimum absolute atomic E-state index is 0.114. The molecule has 1 aromatic carbocycles. The molecule has 126 valence electrons. The zero-order chi connectivity index (χ0) is 17.1. The van der Waals surface area contributed by atoms with Crippen LogP contribution in [0, 0.1) is 0 Å². The van der Waals surface area contributed by atoms with E-state index in [1.165, 1.54) is 6.26 Å². The van der Waals surface area contributed by atoms with Crippen LogP contribution in [-0.4, -0.2) is 26.6 Å². The lowest BCUT2D eigenvalue weighted by atomic mass is 10.1. The quantitative estimate of drug-likeness (QED) is 0.729. The zero-order valence-electron chi connectivity index (χ0n) is 13.7. The predicted octanol–water partition coefficient (Wildman–Crippen LogP) is 2.82. The van der Waals surface area contributed by atoms with Crippen LogP contribution < -0.4 is 5.32 Å². The van der Waals surface area contributed by atoms with Gasteiger partial charge in [0.15, 0.2) is 0 Å². The number of aromatic nitrogens is 2. The molecule has 3 atom stereocenters. The fourth-order valence-corrected chi connectivity index (χ4v) is 2.77. The van der Waals surface area contributed by atoms with Gasteiger partial charge in [0.05, 0.1) is 23.6 Å². The Bertz CT molecular complexity index is 810. The normalized spacial score (nSPS) is 15.1. The van der Waals surface area contributed by atoms with E-state index in [0.717, 1.165) is 11.0 Å². The number of hydrogen-bond donors (Lipinski definition) is 2. The van der Waals surface area contributed by atoms with Crippen molar-refractivity contribution in [3.63, 3.8) is 0 Å². The van der Waals surface area contributed by atoms with Crippen LogP contribution in [0.1, 0.15) is 38.2 Å². The fraction of sp³-hybridized carbons (Fsp3) is 0.333. The van der Waals surface area contributed by atoms with Crippen molar-refractivity contribution in [1.29, 1.82) is 0 Å². The Balaban J connectivity index is 1.63. The van der Waals surface area contributed by atoms with Gasteiger partial charge in [0.1, 0.15) is 17.9 Å². The maximum Gasteiger partial charge on any atom is 0.243 e. The van der Waals surface area contributed by atoms with E-state index in [-0.39, 0.29) is 18.0 Å². The number of carbonyl (C=O) groups excluding carboxylic acids is 1. The van der Waals surface area contributed by atoms with Gasteiger partial charge in [0.25, 0.3) is 0 Å². The number of furan rings is 1. The topological polar surface area (TPSA) is 80.3 Å². The third-order valence-corrected chi connectivity index (χ3v) is 4.11. The highest BCUT2D eigenvalue weighted by Gasteiger charge is 2.21. The Morgan fingerprint density at radius 1 is 1.29 bits per heavy atom. The summed E-state index contributed by atoms with van der Waals surface area (Å²) in [5.74, 6) is 0.391. The van der Waals surface area contributed by atoms with Crippen molar-refractivity contribution >= 4 is 16.9 Å². The summed E-state index contributed by atoms with van der Waals surface area (Å²) < 4.78 is 7.03. The number of aliphatic hydroxyl groups excluding tert-OH is 1. The number of aliphatic hydroxyl groups is 1. The molecule has 1 amide bonds. The number of carbonyl (C=O) groups is 1. The van der Waals surface area contributed by atoms with E-state index in [2.05, 4.69) is 10.3 Å². The third kappa shape index (κ3) is 3.33. The number of rotatable bonds is 6. The molecule has 2 heterocycles. The van der Waals surface area contributed by atoms with Crippen LogP contribution >= 0.6 is 0 Å². The van der Waals surface area contributed by atoms with Gasteiger partial charge in [-0.2, -0.15) is 0 Å². The molecule has 24 heavy (non-hydrogen) atoms. The van der Waals surface area contributed by atoms with E-state index >= 15 is 0 Å². The molecule has 0 radical (unpaired) electrons. The fourth-order valence-electron chi connectivity index (χ4n) is 2.77. The molecule has 0 unspecified atom stereocenters. The van der Waals surface area contributed by atoms with E-state index < -0.39 is 6.10 Å². The Hall–Kier alpha value is -2.60. The van der Waals surface area contributed by atoms with E-state index in [1.54, 1.807) is 18.5 Å². The van der Waals surface area contributed by atoms with Gasteiger partial charge in [-0.15, -0.1) is 0 Å². The van der Waals surface area contributed by atoms with E-state index in [4.69, 9.17) is 4.42 Å². The van der Waals surface area contributed by atoms with E-state index in [0.29, 0.717) is 12.2 Å². The van der Waals surface area contributed by atoms with Crippen LogP contribution in [0.3, 0.4) is 0 Å². The first-order valence-corrected chi connectivity index (χ1v) is 7.99. The van der Waals surface area contributed by atoms with Gasteiger partial charge in [-0.05, 0) is 38.1 Å². The first-order chi connectivity index (χ1) is 11.6. The molecule has 0 bridgehead atoms. The molecule has 3 aromatic rings. The van der Waals surface area contributed by atoms with Gasteiger partial charge >= 0.3 is 0 Å². The summed E-state index contributed by atoms with van der Waals surface area (Å²) in [6, 6.07) is 10.6. The van der Waals surface area contributed by atoms with Crippen LogP contribution in [0.5, 0.6) is 0 Å². The highest BCUT2D eigenvalue weighted by molar-refractivity contribution is 5.83. The zero-order valence-corrected chi connectivity index (χ0v) is 13.7. The van der Waals surface area contributed by atoms with Crippen LogP contribution in [0.2, 0.25) is 0 Å². The van der Waals surface area contributed by atoms with Crippen LogP contribution in [-0.2, 0) is 4.79 Å². The molecular weight excluding hydrogens is 306 g/mol.